The number of nitrogens with one attached hydrogen (secondary N) is 1. The Balaban J connectivity index is 1.83. The van der Waals surface area contributed by atoms with Crippen LogP contribution in [0.2, 0.25) is 0 Å². The zero-order valence-corrected chi connectivity index (χ0v) is 12.9. The molecule has 2 rings (SSSR count). The number of rotatable bonds is 7. The maximum Gasteiger partial charge on any atom is 0.161 e. The van der Waals surface area contributed by atoms with Crippen LogP contribution >= 0.6 is 0 Å². The summed E-state index contributed by atoms with van der Waals surface area (Å²) in [5.74, 6) is 2.08. The molecule has 1 N–H and O–H groups in total. The van der Waals surface area contributed by atoms with E-state index in [9.17, 15) is 0 Å². The van der Waals surface area contributed by atoms with Gasteiger partial charge in [0.25, 0.3) is 0 Å². The van der Waals surface area contributed by atoms with Crippen LogP contribution in [0, 0.1) is 0 Å². The van der Waals surface area contributed by atoms with Gasteiger partial charge in [-0.25, -0.2) is 0 Å². The van der Waals surface area contributed by atoms with Crippen molar-refractivity contribution in [1.82, 2.24) is 0 Å². The normalized spacial score (nSPS) is 10.5. The van der Waals surface area contributed by atoms with Crippen LogP contribution in [-0.4, -0.2) is 20.3 Å². The first-order valence-corrected chi connectivity index (χ1v) is 7.30. The highest BCUT2D eigenvalue weighted by Crippen LogP contribution is 2.25. The van der Waals surface area contributed by atoms with E-state index in [2.05, 4.69) is 43.4 Å². The van der Waals surface area contributed by atoms with E-state index < -0.39 is 0 Å². The third-order valence-corrected chi connectivity index (χ3v) is 3.31. The summed E-state index contributed by atoms with van der Waals surface area (Å²) in [6.07, 6.45) is 0. The molecule has 0 aliphatic carbocycles. The summed E-state index contributed by atoms with van der Waals surface area (Å²) in [5, 5.41) is 3.38. The molecule has 0 aromatic heterocycles. The summed E-state index contributed by atoms with van der Waals surface area (Å²) in [4.78, 5) is 0. The molecule has 2 aromatic rings. The number of hydrogen-bond acceptors (Lipinski definition) is 3. The smallest absolute Gasteiger partial charge is 0.161 e. The number of anilines is 1. The third-order valence-electron chi connectivity index (χ3n) is 3.31. The minimum Gasteiger partial charge on any atom is -0.493 e. The highest BCUT2D eigenvalue weighted by molar-refractivity contribution is 5.46. The topological polar surface area (TPSA) is 30.5 Å². The van der Waals surface area contributed by atoms with Gasteiger partial charge in [0, 0.05) is 12.2 Å². The zero-order valence-electron chi connectivity index (χ0n) is 12.9. The van der Waals surface area contributed by atoms with Gasteiger partial charge < -0.3 is 14.8 Å². The average Bonchev–Trinajstić information content (AvgIpc) is 2.52. The second kappa shape index (κ2) is 7.58. The van der Waals surface area contributed by atoms with Gasteiger partial charge in [0.05, 0.1) is 7.11 Å². The number of para-hydroxylation sites is 2. The van der Waals surface area contributed by atoms with Gasteiger partial charge in [0.2, 0.25) is 0 Å². The van der Waals surface area contributed by atoms with E-state index in [1.807, 2.05) is 24.3 Å². The molecule has 0 amide bonds. The molecule has 0 heterocycles. The predicted molar refractivity (Wildman–Crippen MR) is 87.5 cm³/mol. The molecular formula is C18H23NO2. The Hall–Kier alpha value is -2.16. The largest absolute Gasteiger partial charge is 0.493 e. The standard InChI is InChI=1S/C18H23NO2/c1-14(2)15-7-6-8-16(13-15)19-11-12-21-18-10-5-4-9-17(18)20-3/h4-10,13-14,19H,11-12H2,1-3H3. The number of methoxy groups -OCH3 is 1. The Labute approximate surface area is 126 Å². The van der Waals surface area contributed by atoms with Crippen LogP contribution in [0.25, 0.3) is 0 Å². The van der Waals surface area contributed by atoms with Crippen LogP contribution in [0.1, 0.15) is 25.3 Å². The third kappa shape index (κ3) is 4.42. The molecule has 0 atom stereocenters. The van der Waals surface area contributed by atoms with Crippen LogP contribution < -0.4 is 14.8 Å². The summed E-state index contributed by atoms with van der Waals surface area (Å²) in [5.41, 5.74) is 2.47. The van der Waals surface area contributed by atoms with E-state index >= 15 is 0 Å². The van der Waals surface area contributed by atoms with Gasteiger partial charge >= 0.3 is 0 Å². The van der Waals surface area contributed by atoms with Crippen LogP contribution in [0.3, 0.4) is 0 Å². The molecule has 0 radical (unpaired) electrons. The number of benzene rings is 2. The fourth-order valence-electron chi connectivity index (χ4n) is 2.10. The molecule has 0 aliphatic heterocycles. The highest BCUT2D eigenvalue weighted by Gasteiger charge is 2.02. The van der Waals surface area contributed by atoms with Gasteiger partial charge in [-0.3, -0.25) is 0 Å². The molecule has 3 nitrogen and oxygen atoms in total. The summed E-state index contributed by atoms with van der Waals surface area (Å²) in [7, 11) is 1.65. The Morgan fingerprint density at radius 1 is 1.00 bits per heavy atom. The van der Waals surface area contributed by atoms with Crippen LogP contribution in [0.4, 0.5) is 5.69 Å². The molecule has 0 saturated carbocycles. The minimum absolute atomic E-state index is 0.538. The van der Waals surface area contributed by atoms with Crippen LogP contribution in [0.15, 0.2) is 48.5 Å². The molecule has 0 spiro atoms. The van der Waals surface area contributed by atoms with Crippen molar-refractivity contribution in [3.63, 3.8) is 0 Å². The lowest BCUT2D eigenvalue weighted by atomic mass is 10.0. The van der Waals surface area contributed by atoms with Crippen molar-refractivity contribution in [2.24, 2.45) is 0 Å². The molecule has 0 aliphatic rings. The Morgan fingerprint density at radius 2 is 1.76 bits per heavy atom. The lowest BCUT2D eigenvalue weighted by Crippen LogP contribution is -2.12. The predicted octanol–water partition coefficient (Wildman–Crippen LogP) is 4.31. The summed E-state index contributed by atoms with van der Waals surface area (Å²) < 4.78 is 11.0. The van der Waals surface area contributed by atoms with Crippen LogP contribution in [-0.2, 0) is 0 Å². The van der Waals surface area contributed by atoms with E-state index in [-0.39, 0.29) is 0 Å². The van der Waals surface area contributed by atoms with Gasteiger partial charge in [-0.15, -0.1) is 0 Å². The lowest BCUT2D eigenvalue weighted by Gasteiger charge is -2.12. The summed E-state index contributed by atoms with van der Waals surface area (Å²) in [6, 6.07) is 16.2. The molecule has 0 saturated heterocycles. The molecular weight excluding hydrogens is 262 g/mol. The van der Waals surface area contributed by atoms with E-state index in [1.54, 1.807) is 7.11 Å². The lowest BCUT2D eigenvalue weighted by molar-refractivity contribution is 0.306. The molecule has 0 unspecified atom stereocenters. The first-order valence-electron chi connectivity index (χ1n) is 7.30. The average molecular weight is 285 g/mol. The fraction of sp³-hybridized carbons (Fsp3) is 0.333. The van der Waals surface area contributed by atoms with Crippen molar-refractivity contribution in [3.8, 4) is 11.5 Å². The zero-order chi connectivity index (χ0) is 15.1. The molecule has 3 heteroatoms. The van der Waals surface area contributed by atoms with Gasteiger partial charge in [-0.1, -0.05) is 38.1 Å². The van der Waals surface area contributed by atoms with Gasteiger partial charge in [0.15, 0.2) is 11.5 Å². The number of hydrogen-bond donors (Lipinski definition) is 1. The van der Waals surface area contributed by atoms with E-state index in [0.29, 0.717) is 12.5 Å². The molecule has 0 fully saturated rings. The summed E-state index contributed by atoms with van der Waals surface area (Å²) >= 11 is 0. The first-order chi connectivity index (χ1) is 10.2. The first kappa shape index (κ1) is 15.2. The highest BCUT2D eigenvalue weighted by atomic mass is 16.5. The van der Waals surface area contributed by atoms with Crippen molar-refractivity contribution in [2.45, 2.75) is 19.8 Å². The molecule has 0 bridgehead atoms. The van der Waals surface area contributed by atoms with Gasteiger partial charge in [-0.05, 0) is 35.7 Å². The Kier molecular flexibility index (Phi) is 5.50. The van der Waals surface area contributed by atoms with Crippen molar-refractivity contribution >= 4 is 5.69 Å². The second-order valence-electron chi connectivity index (χ2n) is 5.21. The fourth-order valence-corrected chi connectivity index (χ4v) is 2.10. The summed E-state index contributed by atoms with van der Waals surface area (Å²) in [6.45, 7) is 5.74. The quantitative estimate of drug-likeness (QED) is 0.769. The maximum absolute atomic E-state index is 5.74. The van der Waals surface area contributed by atoms with Gasteiger partial charge in [0.1, 0.15) is 6.61 Å². The minimum atomic E-state index is 0.538. The number of ether oxygens (including phenoxy) is 2. The van der Waals surface area contributed by atoms with E-state index in [1.165, 1.54) is 5.56 Å². The van der Waals surface area contributed by atoms with Crippen molar-refractivity contribution < 1.29 is 9.47 Å². The molecule has 2 aromatic carbocycles. The van der Waals surface area contributed by atoms with Crippen molar-refractivity contribution in [2.75, 3.05) is 25.6 Å². The monoisotopic (exact) mass is 285 g/mol. The molecule has 21 heavy (non-hydrogen) atoms. The van der Waals surface area contributed by atoms with E-state index in [4.69, 9.17) is 9.47 Å². The molecule has 112 valence electrons. The maximum atomic E-state index is 5.74. The van der Waals surface area contributed by atoms with Crippen molar-refractivity contribution in [1.29, 1.82) is 0 Å². The Bertz CT molecular complexity index is 567. The Morgan fingerprint density at radius 3 is 2.48 bits per heavy atom. The van der Waals surface area contributed by atoms with Gasteiger partial charge in [-0.2, -0.15) is 0 Å². The van der Waals surface area contributed by atoms with Crippen LogP contribution in [0.5, 0.6) is 11.5 Å². The van der Waals surface area contributed by atoms with Crippen molar-refractivity contribution in [3.05, 3.63) is 54.1 Å². The SMILES string of the molecule is COc1ccccc1OCCNc1cccc(C(C)C)c1. The van der Waals surface area contributed by atoms with E-state index in [0.717, 1.165) is 23.7 Å². The second-order valence-corrected chi connectivity index (χ2v) is 5.21.